The van der Waals surface area contributed by atoms with Gasteiger partial charge in [-0.25, -0.2) is 0 Å². The molecule has 0 aromatic carbocycles. The zero-order chi connectivity index (χ0) is 11.0. The Hall–Kier alpha value is -1.66. The van der Waals surface area contributed by atoms with E-state index in [1.165, 1.54) is 0 Å². The lowest BCUT2D eigenvalue weighted by atomic mass is 9.94. The van der Waals surface area contributed by atoms with Crippen molar-refractivity contribution in [3.63, 3.8) is 0 Å². The van der Waals surface area contributed by atoms with Gasteiger partial charge in [-0.3, -0.25) is 4.79 Å². The van der Waals surface area contributed by atoms with E-state index in [9.17, 15) is 4.79 Å². The van der Waals surface area contributed by atoms with Gasteiger partial charge >= 0.3 is 0 Å². The molecule has 0 aliphatic carbocycles. The standard InChI is InChI=1S/C9H14N4O/c1-4-9(5-2,6-3)12-8(14)7-11-13-10/h1H,5-7H2,2-3H3,(H,12,14). The summed E-state index contributed by atoms with van der Waals surface area (Å²) in [7, 11) is 0. The Morgan fingerprint density at radius 2 is 2.21 bits per heavy atom. The molecule has 0 saturated carbocycles. The van der Waals surface area contributed by atoms with Crippen molar-refractivity contribution >= 4 is 5.91 Å². The van der Waals surface area contributed by atoms with E-state index in [1.807, 2.05) is 13.8 Å². The molecule has 0 aromatic heterocycles. The Labute approximate surface area is 83.5 Å². The molecule has 0 saturated heterocycles. The Balaban J connectivity index is 4.39. The van der Waals surface area contributed by atoms with Gasteiger partial charge < -0.3 is 5.32 Å². The molecule has 1 amide bonds. The fourth-order valence-corrected chi connectivity index (χ4v) is 1.07. The number of nitrogens with zero attached hydrogens (tertiary/aromatic N) is 3. The first-order valence-corrected chi connectivity index (χ1v) is 4.43. The first-order valence-electron chi connectivity index (χ1n) is 4.43. The number of amides is 1. The summed E-state index contributed by atoms with van der Waals surface area (Å²) in [5.41, 5.74) is 7.41. The zero-order valence-electron chi connectivity index (χ0n) is 8.45. The minimum Gasteiger partial charge on any atom is -0.340 e. The Kier molecular flexibility index (Phi) is 5.20. The highest BCUT2D eigenvalue weighted by Crippen LogP contribution is 2.13. The maximum absolute atomic E-state index is 11.2. The fourth-order valence-electron chi connectivity index (χ4n) is 1.07. The first kappa shape index (κ1) is 12.3. The summed E-state index contributed by atoms with van der Waals surface area (Å²) in [6, 6.07) is 0. The van der Waals surface area contributed by atoms with Crippen LogP contribution in [-0.4, -0.2) is 18.0 Å². The van der Waals surface area contributed by atoms with E-state index in [2.05, 4.69) is 21.3 Å². The molecule has 5 heteroatoms. The Bertz CT molecular complexity index is 282. The molecule has 0 heterocycles. The minimum absolute atomic E-state index is 0.208. The largest absolute Gasteiger partial charge is 0.340 e. The van der Waals surface area contributed by atoms with E-state index in [-0.39, 0.29) is 12.5 Å². The highest BCUT2D eigenvalue weighted by molar-refractivity contribution is 5.79. The van der Waals surface area contributed by atoms with Crippen molar-refractivity contribution < 1.29 is 4.79 Å². The number of carbonyl (C=O) groups excluding carboxylic acids is 1. The SMILES string of the molecule is C#CC(CC)(CC)NC(=O)CN=[N+]=[N-]. The number of nitrogens with one attached hydrogen (secondary N) is 1. The summed E-state index contributed by atoms with van der Waals surface area (Å²) >= 11 is 0. The van der Waals surface area contributed by atoms with Crippen LogP contribution >= 0.6 is 0 Å². The van der Waals surface area contributed by atoms with Gasteiger partial charge in [0.1, 0.15) is 12.1 Å². The molecular weight excluding hydrogens is 180 g/mol. The molecule has 0 unspecified atom stereocenters. The predicted octanol–water partition coefficient (Wildman–Crippen LogP) is 1.60. The molecular formula is C9H14N4O. The van der Waals surface area contributed by atoms with Crippen molar-refractivity contribution in [3.8, 4) is 12.3 Å². The first-order chi connectivity index (χ1) is 6.64. The van der Waals surface area contributed by atoms with Crippen molar-refractivity contribution in [2.24, 2.45) is 5.11 Å². The molecule has 0 radical (unpaired) electrons. The van der Waals surface area contributed by atoms with Crippen molar-refractivity contribution in [2.45, 2.75) is 32.2 Å². The fraction of sp³-hybridized carbons (Fsp3) is 0.667. The van der Waals surface area contributed by atoms with Crippen LogP contribution in [0.25, 0.3) is 10.4 Å². The minimum atomic E-state index is -0.609. The number of carbonyl (C=O) groups is 1. The average Bonchev–Trinajstić information content (AvgIpc) is 2.23. The highest BCUT2D eigenvalue weighted by atomic mass is 16.2. The number of azide groups is 1. The van der Waals surface area contributed by atoms with Crippen LogP contribution in [0.5, 0.6) is 0 Å². The third kappa shape index (κ3) is 3.38. The predicted molar refractivity (Wildman–Crippen MR) is 54.3 cm³/mol. The maximum Gasteiger partial charge on any atom is 0.227 e. The molecule has 76 valence electrons. The van der Waals surface area contributed by atoms with E-state index in [0.29, 0.717) is 12.8 Å². The quantitative estimate of drug-likeness (QED) is 0.307. The molecule has 0 rings (SSSR count). The number of rotatable bonds is 5. The van der Waals surface area contributed by atoms with E-state index in [4.69, 9.17) is 12.0 Å². The van der Waals surface area contributed by atoms with Gasteiger partial charge in [-0.2, -0.15) is 0 Å². The molecule has 0 atom stereocenters. The third-order valence-corrected chi connectivity index (χ3v) is 2.14. The van der Waals surface area contributed by atoms with Crippen molar-refractivity contribution in [1.29, 1.82) is 0 Å². The van der Waals surface area contributed by atoms with Gasteiger partial charge in [0.15, 0.2) is 0 Å². The molecule has 1 N–H and O–H groups in total. The van der Waals surface area contributed by atoms with E-state index in [1.54, 1.807) is 0 Å². The number of terminal acetylenes is 1. The van der Waals surface area contributed by atoms with Crippen LogP contribution in [-0.2, 0) is 4.79 Å². The maximum atomic E-state index is 11.2. The second kappa shape index (κ2) is 5.90. The number of hydrogen-bond donors (Lipinski definition) is 1. The van der Waals surface area contributed by atoms with Crippen molar-refractivity contribution in [3.05, 3.63) is 10.4 Å². The molecule has 0 aromatic rings. The van der Waals surface area contributed by atoms with Crippen LogP contribution in [0.4, 0.5) is 0 Å². The van der Waals surface area contributed by atoms with Gasteiger partial charge in [-0.15, -0.1) is 6.42 Å². The number of hydrogen-bond acceptors (Lipinski definition) is 2. The smallest absolute Gasteiger partial charge is 0.227 e. The summed E-state index contributed by atoms with van der Waals surface area (Å²) in [4.78, 5) is 13.7. The summed E-state index contributed by atoms with van der Waals surface area (Å²) in [6.07, 6.45) is 6.65. The monoisotopic (exact) mass is 194 g/mol. The van der Waals surface area contributed by atoms with Crippen LogP contribution in [0.1, 0.15) is 26.7 Å². The summed E-state index contributed by atoms with van der Waals surface area (Å²) in [5.74, 6) is 2.21. The van der Waals surface area contributed by atoms with Gasteiger partial charge in [0, 0.05) is 4.91 Å². The molecule has 0 aliphatic heterocycles. The van der Waals surface area contributed by atoms with E-state index >= 15 is 0 Å². The second-order valence-corrected chi connectivity index (χ2v) is 2.87. The van der Waals surface area contributed by atoms with Gasteiger partial charge in [0.05, 0.1) is 0 Å². The molecule has 14 heavy (non-hydrogen) atoms. The zero-order valence-corrected chi connectivity index (χ0v) is 8.45. The lowest BCUT2D eigenvalue weighted by molar-refractivity contribution is -0.121. The van der Waals surface area contributed by atoms with Crippen LogP contribution < -0.4 is 5.32 Å². The van der Waals surface area contributed by atoms with Gasteiger partial charge in [0.2, 0.25) is 5.91 Å². The van der Waals surface area contributed by atoms with Crippen molar-refractivity contribution in [2.75, 3.05) is 6.54 Å². The van der Waals surface area contributed by atoms with Crippen molar-refractivity contribution in [1.82, 2.24) is 5.32 Å². The summed E-state index contributed by atoms with van der Waals surface area (Å²) in [6.45, 7) is 3.59. The van der Waals surface area contributed by atoms with Crippen LogP contribution in [0.2, 0.25) is 0 Å². The lowest BCUT2D eigenvalue weighted by Crippen LogP contribution is -2.47. The Morgan fingerprint density at radius 3 is 2.57 bits per heavy atom. The molecule has 0 fully saturated rings. The third-order valence-electron chi connectivity index (χ3n) is 2.14. The van der Waals surface area contributed by atoms with Gasteiger partial charge in [-0.05, 0) is 18.4 Å². The topological polar surface area (TPSA) is 77.9 Å². The molecule has 0 spiro atoms. The Morgan fingerprint density at radius 1 is 1.64 bits per heavy atom. The van der Waals surface area contributed by atoms with E-state index in [0.717, 1.165) is 0 Å². The molecule has 0 aliphatic rings. The lowest BCUT2D eigenvalue weighted by Gasteiger charge is -2.26. The van der Waals surface area contributed by atoms with Crippen LogP contribution in [0.3, 0.4) is 0 Å². The molecule has 0 bridgehead atoms. The van der Waals surface area contributed by atoms with E-state index < -0.39 is 5.54 Å². The summed E-state index contributed by atoms with van der Waals surface area (Å²) < 4.78 is 0. The summed E-state index contributed by atoms with van der Waals surface area (Å²) in [5, 5.41) is 5.83. The second-order valence-electron chi connectivity index (χ2n) is 2.87. The normalized spacial score (nSPS) is 9.79. The average molecular weight is 194 g/mol. The highest BCUT2D eigenvalue weighted by Gasteiger charge is 2.24. The van der Waals surface area contributed by atoms with Crippen LogP contribution in [0.15, 0.2) is 5.11 Å². The molecule has 5 nitrogen and oxygen atoms in total. The van der Waals surface area contributed by atoms with Gasteiger partial charge in [-0.1, -0.05) is 24.9 Å². The van der Waals surface area contributed by atoms with Gasteiger partial charge in [0.25, 0.3) is 0 Å². The van der Waals surface area contributed by atoms with Crippen LogP contribution in [0, 0.1) is 12.3 Å².